The van der Waals surface area contributed by atoms with Gasteiger partial charge in [0, 0.05) is 28.7 Å². The molecule has 3 atom stereocenters. The predicted molar refractivity (Wildman–Crippen MR) is 109 cm³/mol. The third-order valence-corrected chi connectivity index (χ3v) is 6.05. The monoisotopic (exact) mass is 389 g/mol. The number of imidazole rings is 1. The zero-order valence-electron chi connectivity index (χ0n) is 14.3. The first-order valence-electron chi connectivity index (χ1n) is 8.93. The minimum Gasteiger partial charge on any atom is -0.355 e. The largest absolute Gasteiger partial charge is 0.355 e. The fourth-order valence-electron chi connectivity index (χ4n) is 3.70. The van der Waals surface area contributed by atoms with Crippen LogP contribution in [0.1, 0.15) is 19.3 Å². The number of nitrogens with zero attached hydrogens (tertiary/aromatic N) is 1. The highest BCUT2D eigenvalue weighted by molar-refractivity contribution is 6.22. The summed E-state index contributed by atoms with van der Waals surface area (Å²) < 4.78 is 1.79. The van der Waals surface area contributed by atoms with Gasteiger partial charge in [-0.15, -0.1) is 23.2 Å². The van der Waals surface area contributed by atoms with Crippen molar-refractivity contribution in [2.24, 2.45) is 5.92 Å². The van der Waals surface area contributed by atoms with Crippen molar-refractivity contribution in [1.82, 2.24) is 9.55 Å². The third kappa shape index (κ3) is 3.62. The Hall–Kier alpha value is -1.91. The van der Waals surface area contributed by atoms with Gasteiger partial charge in [0.25, 0.3) is 0 Å². The number of aromatic amines is 1. The van der Waals surface area contributed by atoms with Gasteiger partial charge in [0.15, 0.2) is 0 Å². The summed E-state index contributed by atoms with van der Waals surface area (Å²) >= 11 is 12.8. The number of hydrogen-bond acceptors (Lipinski definition) is 2. The molecule has 3 aromatic rings. The van der Waals surface area contributed by atoms with Gasteiger partial charge in [0.1, 0.15) is 0 Å². The lowest BCUT2D eigenvalue weighted by Gasteiger charge is -2.30. The number of hydrogen-bond donors (Lipinski definition) is 2. The number of para-hydroxylation sites is 1. The van der Waals surface area contributed by atoms with Crippen molar-refractivity contribution >= 4 is 45.6 Å². The fraction of sp³-hybridized carbons (Fsp3) is 0.350. The summed E-state index contributed by atoms with van der Waals surface area (Å²) in [6, 6.07) is 15.9. The number of alkyl halides is 2. The van der Waals surface area contributed by atoms with E-state index < -0.39 is 0 Å². The van der Waals surface area contributed by atoms with Gasteiger partial charge < -0.3 is 10.3 Å². The van der Waals surface area contributed by atoms with E-state index in [1.807, 2.05) is 48.5 Å². The Bertz CT molecular complexity index is 951. The van der Waals surface area contributed by atoms with Gasteiger partial charge in [-0.25, -0.2) is 4.79 Å². The quantitative estimate of drug-likeness (QED) is 0.610. The second-order valence-corrected chi connectivity index (χ2v) is 8.13. The molecule has 1 fully saturated rings. The fourth-order valence-corrected chi connectivity index (χ4v) is 4.37. The number of aromatic nitrogens is 2. The summed E-state index contributed by atoms with van der Waals surface area (Å²) in [5.74, 6) is 0.215. The molecule has 2 unspecified atom stereocenters. The molecule has 1 heterocycles. The highest BCUT2D eigenvalue weighted by Gasteiger charge is 2.29. The van der Waals surface area contributed by atoms with Crippen molar-refractivity contribution in [3.05, 3.63) is 59.0 Å². The average molecular weight is 390 g/mol. The van der Waals surface area contributed by atoms with E-state index in [-0.39, 0.29) is 22.4 Å². The summed E-state index contributed by atoms with van der Waals surface area (Å²) in [6.45, 7) is 0.599. The second-order valence-electron chi connectivity index (χ2n) is 6.95. The molecule has 26 heavy (non-hydrogen) atoms. The second kappa shape index (κ2) is 7.37. The molecule has 6 heteroatoms. The zero-order chi connectivity index (χ0) is 18.1. The van der Waals surface area contributed by atoms with Crippen LogP contribution in [-0.2, 0) is 6.54 Å². The average Bonchev–Trinajstić information content (AvgIpc) is 2.94. The molecule has 0 spiro atoms. The van der Waals surface area contributed by atoms with Crippen LogP contribution in [0.15, 0.2) is 53.3 Å². The molecule has 1 aromatic heterocycles. The van der Waals surface area contributed by atoms with Crippen LogP contribution in [0.3, 0.4) is 0 Å². The van der Waals surface area contributed by atoms with Gasteiger partial charge in [-0.3, -0.25) is 4.57 Å². The summed E-state index contributed by atoms with van der Waals surface area (Å²) in [5.41, 5.74) is 3.56. The van der Waals surface area contributed by atoms with E-state index in [9.17, 15) is 4.79 Å². The standard InChI is InChI=1S/C20H21Cl2N3O/c21-14-6-8-17(22)13(10-14)12-25-19-9-7-16(11-18(19)24-20(25)26)23-15-4-2-1-3-5-15/h1-5,7,9,11,13-14,17,23H,6,8,10,12H2,(H,24,26)/t13?,14-,17?/m1/s1. The Morgan fingerprint density at radius 1 is 1.08 bits per heavy atom. The van der Waals surface area contributed by atoms with Crippen molar-refractivity contribution in [2.45, 2.75) is 36.6 Å². The maximum Gasteiger partial charge on any atom is 0.326 e. The molecule has 0 aliphatic heterocycles. The van der Waals surface area contributed by atoms with Crippen LogP contribution in [0.4, 0.5) is 11.4 Å². The van der Waals surface area contributed by atoms with E-state index >= 15 is 0 Å². The van der Waals surface area contributed by atoms with E-state index in [2.05, 4.69) is 10.3 Å². The lowest BCUT2D eigenvalue weighted by molar-refractivity contribution is 0.330. The molecule has 1 aliphatic rings. The summed E-state index contributed by atoms with van der Waals surface area (Å²) in [7, 11) is 0. The topological polar surface area (TPSA) is 49.8 Å². The van der Waals surface area contributed by atoms with Crippen LogP contribution in [-0.4, -0.2) is 20.3 Å². The molecule has 2 N–H and O–H groups in total. The minimum absolute atomic E-state index is 0.0703. The highest BCUT2D eigenvalue weighted by Crippen LogP contribution is 2.33. The van der Waals surface area contributed by atoms with Crippen molar-refractivity contribution < 1.29 is 0 Å². The number of fused-ring (bicyclic) bond motifs is 1. The molecule has 1 aliphatic carbocycles. The van der Waals surface area contributed by atoms with Crippen molar-refractivity contribution in [3.8, 4) is 0 Å². The molecule has 136 valence electrons. The molecular formula is C20H21Cl2N3O. The maximum absolute atomic E-state index is 12.5. The van der Waals surface area contributed by atoms with Crippen LogP contribution >= 0.6 is 23.2 Å². The molecule has 4 rings (SSSR count). The van der Waals surface area contributed by atoms with E-state index in [0.717, 1.165) is 41.7 Å². The van der Waals surface area contributed by atoms with E-state index in [4.69, 9.17) is 23.2 Å². The van der Waals surface area contributed by atoms with E-state index in [1.165, 1.54) is 0 Å². The Labute approximate surface area is 162 Å². The van der Waals surface area contributed by atoms with Gasteiger partial charge >= 0.3 is 5.69 Å². The number of rotatable bonds is 4. The van der Waals surface area contributed by atoms with Crippen LogP contribution in [0.25, 0.3) is 11.0 Å². The number of halogens is 2. The number of nitrogens with one attached hydrogen (secondary N) is 2. The van der Waals surface area contributed by atoms with Crippen LogP contribution in [0, 0.1) is 5.92 Å². The van der Waals surface area contributed by atoms with Crippen LogP contribution < -0.4 is 11.0 Å². The number of benzene rings is 2. The van der Waals surface area contributed by atoms with Crippen molar-refractivity contribution in [2.75, 3.05) is 5.32 Å². The molecule has 1 saturated carbocycles. The molecule has 0 radical (unpaired) electrons. The number of H-pyrrole nitrogens is 1. The first-order chi connectivity index (χ1) is 12.6. The summed E-state index contributed by atoms with van der Waals surface area (Å²) in [6.07, 6.45) is 2.70. The molecule has 0 bridgehead atoms. The summed E-state index contributed by atoms with van der Waals surface area (Å²) in [4.78, 5) is 15.4. The predicted octanol–water partition coefficient (Wildman–Crippen LogP) is 5.09. The smallest absolute Gasteiger partial charge is 0.326 e. The van der Waals surface area contributed by atoms with Crippen LogP contribution in [0.2, 0.25) is 0 Å². The first kappa shape index (κ1) is 17.5. The summed E-state index contributed by atoms with van der Waals surface area (Å²) in [5, 5.41) is 3.57. The first-order valence-corrected chi connectivity index (χ1v) is 9.80. The molecule has 2 aromatic carbocycles. The zero-order valence-corrected chi connectivity index (χ0v) is 15.8. The Morgan fingerprint density at radius 2 is 1.88 bits per heavy atom. The minimum atomic E-state index is -0.0996. The van der Waals surface area contributed by atoms with E-state index in [0.29, 0.717) is 6.54 Å². The normalized spacial score (nSPS) is 23.2. The molecule has 0 amide bonds. The molecule has 0 saturated heterocycles. The molecular weight excluding hydrogens is 369 g/mol. The van der Waals surface area contributed by atoms with Gasteiger partial charge in [0.05, 0.1) is 11.0 Å². The SMILES string of the molecule is O=c1[nH]c2cc(Nc3ccccc3)ccc2n1CC1C[C@H](Cl)CCC1Cl. The van der Waals surface area contributed by atoms with Crippen molar-refractivity contribution in [1.29, 1.82) is 0 Å². The lowest BCUT2D eigenvalue weighted by Crippen LogP contribution is -2.32. The highest BCUT2D eigenvalue weighted by atomic mass is 35.5. The molecule has 4 nitrogen and oxygen atoms in total. The Morgan fingerprint density at radius 3 is 2.69 bits per heavy atom. The van der Waals surface area contributed by atoms with Crippen LogP contribution in [0.5, 0.6) is 0 Å². The van der Waals surface area contributed by atoms with Gasteiger partial charge in [0.2, 0.25) is 0 Å². The van der Waals surface area contributed by atoms with E-state index in [1.54, 1.807) is 4.57 Å². The Balaban J connectivity index is 1.60. The van der Waals surface area contributed by atoms with Gasteiger partial charge in [-0.2, -0.15) is 0 Å². The van der Waals surface area contributed by atoms with Crippen molar-refractivity contribution in [3.63, 3.8) is 0 Å². The van der Waals surface area contributed by atoms with Gasteiger partial charge in [-0.05, 0) is 55.5 Å². The Kier molecular flexibility index (Phi) is 4.96. The maximum atomic E-state index is 12.5. The lowest BCUT2D eigenvalue weighted by atomic mass is 9.88. The van der Waals surface area contributed by atoms with Gasteiger partial charge in [-0.1, -0.05) is 18.2 Å². The third-order valence-electron chi connectivity index (χ3n) is 5.08. The number of anilines is 2.